The van der Waals surface area contributed by atoms with Crippen molar-refractivity contribution >= 4 is 0 Å². The van der Waals surface area contributed by atoms with Crippen LogP contribution in [-0.2, 0) is 9.47 Å². The molecular formula is C16H31NO2. The van der Waals surface area contributed by atoms with E-state index in [9.17, 15) is 0 Å². The number of unbranched alkanes of at least 4 members (excludes halogenated alkanes) is 1. The fraction of sp³-hybridized carbons (Fsp3) is 1.00. The lowest BCUT2D eigenvalue weighted by molar-refractivity contribution is -0.103. The Bertz CT molecular complexity index is 241. The van der Waals surface area contributed by atoms with Gasteiger partial charge in [-0.05, 0) is 38.8 Å². The summed E-state index contributed by atoms with van der Waals surface area (Å²) in [5, 5.41) is 0. The van der Waals surface area contributed by atoms with Crippen LogP contribution in [0.2, 0.25) is 0 Å². The molecule has 0 unspecified atom stereocenters. The van der Waals surface area contributed by atoms with Gasteiger partial charge in [-0.1, -0.05) is 33.1 Å². The van der Waals surface area contributed by atoms with Crippen LogP contribution in [0, 0.1) is 5.92 Å². The van der Waals surface area contributed by atoms with Gasteiger partial charge >= 0.3 is 0 Å². The second kappa shape index (κ2) is 8.23. The highest BCUT2D eigenvalue weighted by molar-refractivity contribution is 4.76. The molecule has 2 saturated heterocycles. The Hall–Kier alpha value is -0.120. The van der Waals surface area contributed by atoms with Crippen LogP contribution < -0.4 is 0 Å². The molecule has 0 saturated carbocycles. The number of likely N-dealkylation sites (tertiary alicyclic amines) is 1. The van der Waals surface area contributed by atoms with Crippen molar-refractivity contribution in [1.82, 2.24) is 4.90 Å². The van der Waals surface area contributed by atoms with Gasteiger partial charge < -0.3 is 14.4 Å². The standard InChI is InChI=1S/C16H31NO2/c1-3-5-9-14(4-2)16-18-13-15(19-16)12-17-10-7-6-8-11-17/h14-16H,3-13H2,1-2H3/t14-,15+,16+/m0/s1. The highest BCUT2D eigenvalue weighted by Crippen LogP contribution is 2.26. The van der Waals surface area contributed by atoms with E-state index in [0.717, 1.165) is 13.2 Å². The number of hydrogen-bond donors (Lipinski definition) is 0. The molecule has 112 valence electrons. The molecule has 3 atom stereocenters. The van der Waals surface area contributed by atoms with Crippen LogP contribution in [0.3, 0.4) is 0 Å². The Morgan fingerprint density at radius 2 is 1.95 bits per heavy atom. The van der Waals surface area contributed by atoms with E-state index in [-0.39, 0.29) is 6.29 Å². The minimum absolute atomic E-state index is 0.0614. The first-order valence-corrected chi connectivity index (χ1v) is 8.33. The molecule has 0 N–H and O–H groups in total. The predicted molar refractivity (Wildman–Crippen MR) is 78.2 cm³/mol. The third kappa shape index (κ3) is 4.73. The van der Waals surface area contributed by atoms with E-state index in [1.54, 1.807) is 0 Å². The maximum absolute atomic E-state index is 6.15. The summed E-state index contributed by atoms with van der Waals surface area (Å²) in [6.07, 6.45) is 9.44. The van der Waals surface area contributed by atoms with Gasteiger partial charge in [0.15, 0.2) is 6.29 Å². The third-order valence-corrected chi connectivity index (χ3v) is 4.52. The van der Waals surface area contributed by atoms with Gasteiger partial charge in [0.25, 0.3) is 0 Å². The van der Waals surface area contributed by atoms with Crippen LogP contribution in [0.4, 0.5) is 0 Å². The monoisotopic (exact) mass is 269 g/mol. The molecule has 0 aromatic heterocycles. The molecule has 3 nitrogen and oxygen atoms in total. The largest absolute Gasteiger partial charge is 0.350 e. The smallest absolute Gasteiger partial charge is 0.161 e. The van der Waals surface area contributed by atoms with Gasteiger partial charge in [-0.2, -0.15) is 0 Å². The Balaban J connectivity index is 1.71. The van der Waals surface area contributed by atoms with E-state index in [2.05, 4.69) is 18.7 Å². The summed E-state index contributed by atoms with van der Waals surface area (Å²) < 4.78 is 12.1. The van der Waals surface area contributed by atoms with Gasteiger partial charge in [-0.15, -0.1) is 0 Å². The predicted octanol–water partition coefficient (Wildman–Crippen LogP) is 3.43. The normalized spacial score (nSPS) is 30.6. The summed E-state index contributed by atoms with van der Waals surface area (Å²) in [6.45, 7) is 8.87. The third-order valence-electron chi connectivity index (χ3n) is 4.52. The van der Waals surface area contributed by atoms with Crippen molar-refractivity contribution in [1.29, 1.82) is 0 Å². The van der Waals surface area contributed by atoms with Crippen LogP contribution in [0.25, 0.3) is 0 Å². The zero-order valence-corrected chi connectivity index (χ0v) is 12.8. The molecule has 2 rings (SSSR count). The summed E-state index contributed by atoms with van der Waals surface area (Å²) in [6, 6.07) is 0. The van der Waals surface area contributed by atoms with E-state index in [4.69, 9.17) is 9.47 Å². The number of hydrogen-bond acceptors (Lipinski definition) is 3. The molecular weight excluding hydrogens is 238 g/mol. The molecule has 2 aliphatic heterocycles. The van der Waals surface area contributed by atoms with Crippen LogP contribution >= 0.6 is 0 Å². The molecule has 2 fully saturated rings. The van der Waals surface area contributed by atoms with Crippen LogP contribution in [0.1, 0.15) is 58.8 Å². The van der Waals surface area contributed by atoms with Gasteiger partial charge in [0, 0.05) is 12.5 Å². The van der Waals surface area contributed by atoms with E-state index in [0.29, 0.717) is 12.0 Å². The Labute approximate surface area is 118 Å². The van der Waals surface area contributed by atoms with Crippen molar-refractivity contribution in [3.8, 4) is 0 Å². The number of nitrogens with zero attached hydrogens (tertiary/aromatic N) is 1. The number of ether oxygens (including phenoxy) is 2. The van der Waals surface area contributed by atoms with Crippen LogP contribution in [0.5, 0.6) is 0 Å². The van der Waals surface area contributed by atoms with E-state index < -0.39 is 0 Å². The summed E-state index contributed by atoms with van der Waals surface area (Å²) in [7, 11) is 0. The molecule has 0 radical (unpaired) electrons. The van der Waals surface area contributed by atoms with Gasteiger partial charge in [0.2, 0.25) is 0 Å². The second-order valence-electron chi connectivity index (χ2n) is 6.13. The lowest BCUT2D eigenvalue weighted by atomic mass is 9.99. The molecule has 19 heavy (non-hydrogen) atoms. The van der Waals surface area contributed by atoms with Crippen molar-refractivity contribution in [2.45, 2.75) is 71.2 Å². The lowest BCUT2D eigenvalue weighted by Gasteiger charge is -2.28. The topological polar surface area (TPSA) is 21.7 Å². The first-order chi connectivity index (χ1) is 9.33. The van der Waals surface area contributed by atoms with Crippen molar-refractivity contribution < 1.29 is 9.47 Å². The van der Waals surface area contributed by atoms with Crippen molar-refractivity contribution in [2.75, 3.05) is 26.2 Å². The average molecular weight is 269 g/mol. The zero-order valence-electron chi connectivity index (χ0n) is 12.8. The number of rotatable bonds is 7. The number of piperidine rings is 1. The fourth-order valence-corrected chi connectivity index (χ4v) is 3.24. The van der Waals surface area contributed by atoms with Crippen LogP contribution in [-0.4, -0.2) is 43.5 Å². The highest BCUT2D eigenvalue weighted by Gasteiger charge is 2.32. The molecule has 0 aromatic carbocycles. The second-order valence-corrected chi connectivity index (χ2v) is 6.13. The van der Waals surface area contributed by atoms with Gasteiger partial charge in [-0.25, -0.2) is 0 Å². The summed E-state index contributed by atoms with van der Waals surface area (Å²) in [4.78, 5) is 2.55. The van der Waals surface area contributed by atoms with E-state index in [1.807, 2.05) is 0 Å². The Kier molecular flexibility index (Phi) is 6.62. The van der Waals surface area contributed by atoms with Crippen molar-refractivity contribution in [3.05, 3.63) is 0 Å². The van der Waals surface area contributed by atoms with Crippen molar-refractivity contribution in [2.24, 2.45) is 5.92 Å². The van der Waals surface area contributed by atoms with Crippen molar-refractivity contribution in [3.63, 3.8) is 0 Å². The molecule has 0 amide bonds. The maximum Gasteiger partial charge on any atom is 0.161 e. The van der Waals surface area contributed by atoms with Gasteiger partial charge in [0.1, 0.15) is 0 Å². The lowest BCUT2D eigenvalue weighted by Crippen LogP contribution is -2.37. The summed E-state index contributed by atoms with van der Waals surface area (Å²) >= 11 is 0. The molecule has 0 aliphatic carbocycles. The van der Waals surface area contributed by atoms with Gasteiger partial charge in [0.05, 0.1) is 12.7 Å². The van der Waals surface area contributed by atoms with Crippen LogP contribution in [0.15, 0.2) is 0 Å². The molecule has 2 heterocycles. The summed E-state index contributed by atoms with van der Waals surface area (Å²) in [5.74, 6) is 0.589. The molecule has 0 spiro atoms. The molecule has 0 bridgehead atoms. The Morgan fingerprint density at radius 3 is 2.63 bits per heavy atom. The minimum atomic E-state index is 0.0614. The maximum atomic E-state index is 6.15. The SMILES string of the molecule is CCCC[C@H](CC)[C@@H]1OC[C@@H](CN2CCCCC2)O1. The molecule has 0 aromatic rings. The fourth-order valence-electron chi connectivity index (χ4n) is 3.24. The van der Waals surface area contributed by atoms with E-state index >= 15 is 0 Å². The summed E-state index contributed by atoms with van der Waals surface area (Å²) in [5.41, 5.74) is 0. The quantitative estimate of drug-likeness (QED) is 0.707. The van der Waals surface area contributed by atoms with E-state index in [1.165, 1.54) is 58.0 Å². The average Bonchev–Trinajstić information content (AvgIpc) is 2.89. The minimum Gasteiger partial charge on any atom is -0.350 e. The van der Waals surface area contributed by atoms with Gasteiger partial charge in [-0.3, -0.25) is 0 Å². The molecule has 3 heteroatoms. The highest BCUT2D eigenvalue weighted by atomic mass is 16.7. The zero-order chi connectivity index (χ0) is 13.5. The first-order valence-electron chi connectivity index (χ1n) is 8.33. The Morgan fingerprint density at radius 1 is 1.16 bits per heavy atom. The molecule has 2 aliphatic rings. The first kappa shape index (κ1) is 15.3.